The van der Waals surface area contributed by atoms with E-state index in [0.717, 1.165) is 52.0 Å². The van der Waals surface area contributed by atoms with Crippen LogP contribution in [0.4, 0.5) is 0 Å². The van der Waals surface area contributed by atoms with Gasteiger partial charge in [-0.25, -0.2) is 0 Å². The van der Waals surface area contributed by atoms with Gasteiger partial charge in [-0.3, -0.25) is 9.69 Å². The molecule has 0 saturated carbocycles. The smallest absolute Gasteiger partial charge is 0.160 e. The number of nitrogens with zero attached hydrogens (tertiary/aromatic N) is 1. The van der Waals surface area contributed by atoms with Gasteiger partial charge in [-0.1, -0.05) is 18.2 Å². The summed E-state index contributed by atoms with van der Waals surface area (Å²) in [5.74, 6) is 1.76. The molecule has 2 heterocycles. The Morgan fingerprint density at radius 2 is 1.89 bits per heavy atom. The zero-order valence-corrected chi connectivity index (χ0v) is 22.3. The maximum atomic E-state index is 12.9. The van der Waals surface area contributed by atoms with Crippen LogP contribution in [0.2, 0.25) is 0 Å². The number of carbonyl (C=O) groups excluding carboxylic acids is 1. The summed E-state index contributed by atoms with van der Waals surface area (Å²) >= 11 is 0. The maximum Gasteiger partial charge on any atom is 0.160 e. The topological polar surface area (TPSA) is 68.2 Å². The van der Waals surface area contributed by atoms with Gasteiger partial charge in [0.1, 0.15) is 23.9 Å². The van der Waals surface area contributed by atoms with Gasteiger partial charge in [0.15, 0.2) is 5.78 Å². The fraction of sp³-hybridized carbons (Fsp3) is 0.452. The number of hydrogen-bond acceptors (Lipinski definition) is 6. The van der Waals surface area contributed by atoms with Crippen LogP contribution in [0.1, 0.15) is 57.8 Å². The minimum atomic E-state index is -0.167. The van der Waals surface area contributed by atoms with E-state index in [1.165, 1.54) is 0 Å². The molecule has 0 spiro atoms. The fourth-order valence-electron chi connectivity index (χ4n) is 5.76. The molecule has 0 bridgehead atoms. The normalized spacial score (nSPS) is 19.0. The zero-order valence-electron chi connectivity index (χ0n) is 22.3. The minimum Gasteiger partial charge on any atom is -0.507 e. The molecule has 6 nitrogen and oxygen atoms in total. The van der Waals surface area contributed by atoms with Gasteiger partial charge in [-0.05, 0) is 68.7 Å². The Balaban J connectivity index is 1.34. The van der Waals surface area contributed by atoms with Crippen LogP contribution in [0.5, 0.6) is 17.2 Å². The molecule has 6 heteroatoms. The largest absolute Gasteiger partial charge is 0.507 e. The van der Waals surface area contributed by atoms with Crippen LogP contribution in [0.25, 0.3) is 11.6 Å². The highest BCUT2D eigenvalue weighted by atomic mass is 16.5. The van der Waals surface area contributed by atoms with Crippen LogP contribution >= 0.6 is 0 Å². The molecule has 1 fully saturated rings. The molecule has 1 atom stereocenters. The molecule has 5 rings (SSSR count). The lowest BCUT2D eigenvalue weighted by Crippen LogP contribution is -2.39. The minimum absolute atomic E-state index is 0.0226. The van der Waals surface area contributed by atoms with E-state index < -0.39 is 0 Å². The highest BCUT2D eigenvalue weighted by molar-refractivity contribution is 5.97. The molecule has 196 valence electrons. The number of benzene rings is 2. The van der Waals surface area contributed by atoms with E-state index in [0.29, 0.717) is 43.5 Å². The number of hydrogen-bond donors (Lipinski definition) is 1. The van der Waals surface area contributed by atoms with Crippen molar-refractivity contribution in [3.8, 4) is 17.2 Å². The Morgan fingerprint density at radius 3 is 2.62 bits per heavy atom. The number of carbonyl (C=O) groups is 1. The Morgan fingerprint density at radius 1 is 1.14 bits per heavy atom. The highest BCUT2D eigenvalue weighted by Gasteiger charge is 2.29. The number of ether oxygens (including phenoxy) is 3. The fourth-order valence-corrected chi connectivity index (χ4v) is 5.76. The molecule has 2 aliphatic heterocycles. The number of fused-ring (bicyclic) bond motifs is 4. The lowest BCUT2D eigenvalue weighted by Gasteiger charge is -2.30. The number of allylic oxidation sites excluding steroid dienone is 1. The average molecular weight is 504 g/mol. The van der Waals surface area contributed by atoms with Crippen LogP contribution in [0, 0.1) is 0 Å². The zero-order chi connectivity index (χ0) is 26.1. The molecule has 0 radical (unpaired) electrons. The van der Waals surface area contributed by atoms with Crippen LogP contribution in [-0.2, 0) is 16.0 Å². The molecule has 37 heavy (non-hydrogen) atoms. The first-order chi connectivity index (χ1) is 17.8. The van der Waals surface area contributed by atoms with E-state index in [-0.39, 0.29) is 24.1 Å². The standard InChI is InChI=1S/C31H37NO5/c1-19(2)32(20(3)4)11-13-35-25-9-7-21(8-10-25)29-16-23-14-24(33)17-26-30(27(23)18-37-29)28(34)15-22-6-5-12-36-31(22)26/h6-10,14-15,19-20,29,34H,5,11-13,16-18H2,1-4H3. The van der Waals surface area contributed by atoms with Crippen LogP contribution in [0.15, 0.2) is 42.0 Å². The van der Waals surface area contributed by atoms with E-state index in [2.05, 4.69) is 38.7 Å². The molecule has 1 saturated heterocycles. The number of ketones is 1. The number of aromatic hydroxyl groups is 1. The van der Waals surface area contributed by atoms with Crippen molar-refractivity contribution >= 4 is 17.4 Å². The van der Waals surface area contributed by atoms with Gasteiger partial charge < -0.3 is 19.3 Å². The van der Waals surface area contributed by atoms with Gasteiger partial charge in [-0.2, -0.15) is 0 Å². The van der Waals surface area contributed by atoms with Crippen molar-refractivity contribution < 1.29 is 24.1 Å². The summed E-state index contributed by atoms with van der Waals surface area (Å²) in [5.41, 5.74) is 3.63. The summed E-state index contributed by atoms with van der Waals surface area (Å²) in [6.45, 7) is 11.3. The highest BCUT2D eigenvalue weighted by Crippen LogP contribution is 2.37. The van der Waals surface area contributed by atoms with Crippen molar-refractivity contribution in [1.29, 1.82) is 0 Å². The third-order valence-corrected chi connectivity index (χ3v) is 7.52. The van der Waals surface area contributed by atoms with Gasteiger partial charge in [0.2, 0.25) is 0 Å². The molecule has 0 amide bonds. The van der Waals surface area contributed by atoms with E-state index in [1.54, 1.807) is 12.1 Å². The first kappa shape index (κ1) is 25.6. The molecule has 1 aliphatic carbocycles. The summed E-state index contributed by atoms with van der Waals surface area (Å²) in [4.78, 5) is 15.3. The number of phenols is 1. The first-order valence-electron chi connectivity index (χ1n) is 13.4. The van der Waals surface area contributed by atoms with Crippen molar-refractivity contribution in [2.45, 2.75) is 65.1 Å². The second kappa shape index (κ2) is 10.7. The van der Waals surface area contributed by atoms with Crippen molar-refractivity contribution in [3.05, 3.63) is 63.5 Å². The Hall–Kier alpha value is -3.09. The van der Waals surface area contributed by atoms with Gasteiger partial charge in [0.25, 0.3) is 0 Å². The summed E-state index contributed by atoms with van der Waals surface area (Å²) in [7, 11) is 0. The average Bonchev–Trinajstić information content (AvgIpc) is 3.02. The van der Waals surface area contributed by atoms with Crippen molar-refractivity contribution in [2.75, 3.05) is 26.4 Å². The van der Waals surface area contributed by atoms with Crippen LogP contribution in [-0.4, -0.2) is 54.2 Å². The third-order valence-electron chi connectivity index (χ3n) is 7.52. The Bertz CT molecular complexity index is 1310. The van der Waals surface area contributed by atoms with E-state index >= 15 is 0 Å². The number of rotatable bonds is 7. The molecular weight excluding hydrogens is 466 g/mol. The monoisotopic (exact) mass is 503 g/mol. The van der Waals surface area contributed by atoms with Gasteiger partial charge >= 0.3 is 0 Å². The first-order valence-corrected chi connectivity index (χ1v) is 13.4. The second-order valence-electron chi connectivity index (χ2n) is 10.6. The quantitative estimate of drug-likeness (QED) is 0.620. The van der Waals surface area contributed by atoms with E-state index in [1.807, 2.05) is 24.3 Å². The Labute approximate surface area is 218 Å². The molecule has 2 aromatic carbocycles. The van der Waals surface area contributed by atoms with E-state index in [4.69, 9.17) is 14.2 Å². The van der Waals surface area contributed by atoms with Gasteiger partial charge in [0, 0.05) is 53.9 Å². The SMILES string of the molecule is CC(C)N(CCOc1ccc(C2CC3=CC(=O)Cc4c5c(cc(O)c4=C3CO2)=CCCO5)cc1)C(C)C. The molecule has 3 aliphatic rings. The summed E-state index contributed by atoms with van der Waals surface area (Å²) in [6.07, 6.45) is 5.20. The van der Waals surface area contributed by atoms with Crippen molar-refractivity contribution in [3.63, 3.8) is 0 Å². The van der Waals surface area contributed by atoms with Crippen molar-refractivity contribution in [1.82, 2.24) is 4.90 Å². The third kappa shape index (κ3) is 5.32. The van der Waals surface area contributed by atoms with Crippen LogP contribution < -0.4 is 19.9 Å². The molecule has 0 aromatic heterocycles. The van der Waals surface area contributed by atoms with Gasteiger partial charge in [0.05, 0.1) is 19.3 Å². The lowest BCUT2D eigenvalue weighted by molar-refractivity contribution is -0.114. The number of phenolic OH excluding ortho intramolecular Hbond substituents is 1. The molecule has 2 aromatic rings. The molecular formula is C31H37NO5. The predicted octanol–water partition coefficient (Wildman–Crippen LogP) is 3.82. The summed E-state index contributed by atoms with van der Waals surface area (Å²) in [5, 5.41) is 12.5. The maximum absolute atomic E-state index is 12.9. The summed E-state index contributed by atoms with van der Waals surface area (Å²) < 4.78 is 18.2. The second-order valence-corrected chi connectivity index (χ2v) is 10.6. The van der Waals surface area contributed by atoms with Gasteiger partial charge in [-0.15, -0.1) is 0 Å². The Kier molecular flexibility index (Phi) is 7.40. The van der Waals surface area contributed by atoms with Crippen LogP contribution in [0.3, 0.4) is 0 Å². The van der Waals surface area contributed by atoms with E-state index in [9.17, 15) is 9.90 Å². The molecule has 1 unspecified atom stereocenters. The predicted molar refractivity (Wildman–Crippen MR) is 144 cm³/mol. The summed E-state index contributed by atoms with van der Waals surface area (Å²) in [6, 6.07) is 10.8. The molecule has 1 N–H and O–H groups in total. The van der Waals surface area contributed by atoms with Crippen molar-refractivity contribution in [2.24, 2.45) is 0 Å². The lowest BCUT2D eigenvalue weighted by atomic mass is 9.91.